The highest BCUT2D eigenvalue weighted by Gasteiger charge is 2.34. The largest absolute Gasteiger partial charge is 0.244 e. The first-order valence-electron chi connectivity index (χ1n) is 6.07. The molecule has 1 fully saturated rings. The van der Waals surface area contributed by atoms with Crippen molar-refractivity contribution in [1.29, 1.82) is 0 Å². The molecule has 0 saturated carbocycles. The van der Waals surface area contributed by atoms with Crippen LogP contribution in [0.4, 0.5) is 4.39 Å². The Hall–Kier alpha value is -0.0700. The third kappa shape index (κ3) is 3.07. The molecule has 1 saturated heterocycles. The Morgan fingerprint density at radius 2 is 2.05 bits per heavy atom. The summed E-state index contributed by atoms with van der Waals surface area (Å²) in [7, 11) is -3.80. The number of sulfonamides is 1. The maximum absolute atomic E-state index is 13.6. The van der Waals surface area contributed by atoms with Crippen molar-refractivity contribution >= 4 is 44.8 Å². The molecule has 0 radical (unpaired) electrons. The molecule has 0 N–H and O–H groups in total. The Balaban J connectivity index is 2.30. The second-order valence-electron chi connectivity index (χ2n) is 4.67. The monoisotopic (exact) mass is 359 g/mol. The van der Waals surface area contributed by atoms with Crippen molar-refractivity contribution in [2.24, 2.45) is 5.92 Å². The van der Waals surface area contributed by atoms with Crippen LogP contribution in [0.3, 0.4) is 0 Å². The van der Waals surface area contributed by atoms with Gasteiger partial charge in [0, 0.05) is 19.0 Å². The van der Waals surface area contributed by atoms with Crippen molar-refractivity contribution in [1.82, 2.24) is 4.31 Å². The van der Waals surface area contributed by atoms with Crippen LogP contribution < -0.4 is 0 Å². The van der Waals surface area contributed by atoms with Gasteiger partial charge < -0.3 is 0 Å². The van der Waals surface area contributed by atoms with Gasteiger partial charge >= 0.3 is 0 Å². The van der Waals surface area contributed by atoms with E-state index in [0.717, 1.165) is 12.8 Å². The average molecular weight is 361 g/mol. The van der Waals surface area contributed by atoms with Crippen LogP contribution in [-0.2, 0) is 10.0 Å². The van der Waals surface area contributed by atoms with Gasteiger partial charge in [-0.15, -0.1) is 11.6 Å². The molecule has 3 nitrogen and oxygen atoms in total. The van der Waals surface area contributed by atoms with E-state index in [1.165, 1.54) is 16.4 Å². The number of nitrogens with zero attached hydrogens (tertiary/aromatic N) is 1. The fourth-order valence-corrected chi connectivity index (χ4v) is 4.81. The number of alkyl halides is 1. The Bertz CT molecular complexity index is 609. The Morgan fingerprint density at radius 1 is 1.35 bits per heavy atom. The van der Waals surface area contributed by atoms with Crippen LogP contribution in [0.25, 0.3) is 0 Å². The van der Waals surface area contributed by atoms with Crippen molar-refractivity contribution in [3.63, 3.8) is 0 Å². The van der Waals surface area contributed by atoms with Crippen molar-refractivity contribution in [2.45, 2.75) is 17.7 Å². The predicted octanol–water partition coefficient (Wildman–Crippen LogP) is 3.77. The Morgan fingerprint density at radius 3 is 2.70 bits per heavy atom. The van der Waals surface area contributed by atoms with E-state index in [4.69, 9.17) is 34.8 Å². The van der Waals surface area contributed by atoms with E-state index in [9.17, 15) is 12.8 Å². The highest BCUT2D eigenvalue weighted by molar-refractivity contribution is 7.89. The molecule has 1 aliphatic heterocycles. The van der Waals surface area contributed by atoms with E-state index in [-0.39, 0.29) is 15.8 Å². The summed E-state index contributed by atoms with van der Waals surface area (Å²) in [5.74, 6) is -0.182. The molecule has 8 heteroatoms. The molecule has 1 heterocycles. The van der Waals surface area contributed by atoms with Crippen LogP contribution in [0, 0.1) is 11.7 Å². The van der Waals surface area contributed by atoms with Gasteiger partial charge in [0.15, 0.2) is 5.82 Å². The molecule has 1 unspecified atom stereocenters. The van der Waals surface area contributed by atoms with Crippen LogP contribution in [0.15, 0.2) is 17.0 Å². The number of rotatable bonds is 4. The fourth-order valence-electron chi connectivity index (χ4n) is 2.25. The summed E-state index contributed by atoms with van der Waals surface area (Å²) >= 11 is 17.0. The molecule has 20 heavy (non-hydrogen) atoms. The minimum absolute atomic E-state index is 0.199. The van der Waals surface area contributed by atoms with Gasteiger partial charge in [0.05, 0.1) is 10.0 Å². The molecule has 1 aliphatic rings. The summed E-state index contributed by atoms with van der Waals surface area (Å²) in [5.41, 5.74) is 0. The molecular weight excluding hydrogens is 348 g/mol. The number of halogens is 4. The van der Waals surface area contributed by atoms with Gasteiger partial charge in [-0.05, 0) is 30.9 Å². The second kappa shape index (κ2) is 6.36. The molecule has 0 bridgehead atoms. The maximum Gasteiger partial charge on any atom is 0.244 e. The molecule has 1 aromatic rings. The molecule has 2 rings (SSSR count). The van der Waals surface area contributed by atoms with E-state index in [1.807, 2.05) is 0 Å². The molecular formula is C12H13Cl3FNO2S. The van der Waals surface area contributed by atoms with Gasteiger partial charge in [-0.1, -0.05) is 23.2 Å². The standard InChI is InChI=1S/C12H13Cl3FNO2S/c13-5-3-8-4-6-17(7-8)20(18,19)10-2-1-9(14)12(16)11(10)15/h1-2,8H,3-7H2. The van der Waals surface area contributed by atoms with Gasteiger partial charge in [-0.2, -0.15) is 4.31 Å². The van der Waals surface area contributed by atoms with Crippen LogP contribution in [0.2, 0.25) is 10.0 Å². The van der Waals surface area contributed by atoms with E-state index in [0.29, 0.717) is 19.0 Å². The lowest BCUT2D eigenvalue weighted by atomic mass is 10.1. The van der Waals surface area contributed by atoms with E-state index < -0.39 is 20.9 Å². The fraction of sp³-hybridized carbons (Fsp3) is 0.500. The minimum Gasteiger partial charge on any atom is -0.207 e. The SMILES string of the molecule is O=S(=O)(c1ccc(Cl)c(F)c1Cl)N1CCC(CCCl)C1. The summed E-state index contributed by atoms with van der Waals surface area (Å²) in [5, 5.41) is -0.659. The van der Waals surface area contributed by atoms with Gasteiger partial charge in [-0.3, -0.25) is 0 Å². The summed E-state index contributed by atoms with van der Waals surface area (Å²) < 4.78 is 39.9. The molecule has 1 aromatic carbocycles. The summed E-state index contributed by atoms with van der Waals surface area (Å²) in [4.78, 5) is -0.243. The normalized spacial score (nSPS) is 20.5. The molecule has 1 atom stereocenters. The van der Waals surface area contributed by atoms with Crippen LogP contribution in [0.5, 0.6) is 0 Å². The van der Waals surface area contributed by atoms with Gasteiger partial charge in [-0.25, -0.2) is 12.8 Å². The number of hydrogen-bond acceptors (Lipinski definition) is 2. The average Bonchev–Trinajstić information content (AvgIpc) is 2.85. The molecule has 112 valence electrons. The van der Waals surface area contributed by atoms with Crippen molar-refractivity contribution in [3.05, 3.63) is 28.0 Å². The second-order valence-corrected chi connectivity index (χ2v) is 7.74. The van der Waals surface area contributed by atoms with Crippen molar-refractivity contribution < 1.29 is 12.8 Å². The molecule has 0 amide bonds. The zero-order chi connectivity index (χ0) is 14.9. The lowest BCUT2D eigenvalue weighted by molar-refractivity contribution is 0.453. The smallest absolute Gasteiger partial charge is 0.207 e. The minimum atomic E-state index is -3.80. The zero-order valence-electron chi connectivity index (χ0n) is 10.5. The molecule has 0 spiro atoms. The van der Waals surface area contributed by atoms with Crippen LogP contribution in [-0.4, -0.2) is 31.7 Å². The first-order valence-corrected chi connectivity index (χ1v) is 8.80. The summed E-state index contributed by atoms with van der Waals surface area (Å²) in [6.45, 7) is 0.778. The van der Waals surface area contributed by atoms with Crippen molar-refractivity contribution in [2.75, 3.05) is 19.0 Å². The van der Waals surface area contributed by atoms with Gasteiger partial charge in [0.25, 0.3) is 0 Å². The Labute approximate surface area is 132 Å². The van der Waals surface area contributed by atoms with E-state index in [1.54, 1.807) is 0 Å². The third-order valence-electron chi connectivity index (χ3n) is 3.38. The van der Waals surface area contributed by atoms with Gasteiger partial charge in [0.2, 0.25) is 10.0 Å². The Kier molecular flexibility index (Phi) is 5.19. The quantitative estimate of drug-likeness (QED) is 0.605. The number of benzene rings is 1. The predicted molar refractivity (Wildman–Crippen MR) is 78.6 cm³/mol. The van der Waals surface area contributed by atoms with Crippen LogP contribution in [0.1, 0.15) is 12.8 Å². The van der Waals surface area contributed by atoms with Crippen molar-refractivity contribution in [3.8, 4) is 0 Å². The molecule has 0 aliphatic carbocycles. The first-order chi connectivity index (χ1) is 9.37. The highest BCUT2D eigenvalue weighted by atomic mass is 35.5. The lowest BCUT2D eigenvalue weighted by Crippen LogP contribution is -2.29. The number of hydrogen-bond donors (Lipinski definition) is 0. The highest BCUT2D eigenvalue weighted by Crippen LogP contribution is 2.33. The van der Waals surface area contributed by atoms with Gasteiger partial charge in [0.1, 0.15) is 4.90 Å². The maximum atomic E-state index is 13.6. The van der Waals surface area contributed by atoms with E-state index in [2.05, 4.69) is 0 Å². The van der Waals surface area contributed by atoms with E-state index >= 15 is 0 Å². The molecule has 0 aromatic heterocycles. The van der Waals surface area contributed by atoms with Crippen LogP contribution >= 0.6 is 34.8 Å². The first kappa shape index (κ1) is 16.3. The summed E-state index contributed by atoms with van der Waals surface area (Å²) in [6.07, 6.45) is 1.51. The lowest BCUT2D eigenvalue weighted by Gasteiger charge is -2.17. The summed E-state index contributed by atoms with van der Waals surface area (Å²) in [6, 6.07) is 2.43. The third-order valence-corrected chi connectivity index (χ3v) is 6.28. The zero-order valence-corrected chi connectivity index (χ0v) is 13.5. The topological polar surface area (TPSA) is 37.4 Å².